The van der Waals surface area contributed by atoms with Gasteiger partial charge in [-0.25, -0.2) is 0 Å². The van der Waals surface area contributed by atoms with E-state index in [0.717, 1.165) is 38.8 Å². The Morgan fingerprint density at radius 2 is 1.71 bits per heavy atom. The molecule has 1 aromatic carbocycles. The molecule has 2 fully saturated rings. The minimum absolute atomic E-state index is 0.0238. The first-order valence-electron chi connectivity index (χ1n) is 10.4. The van der Waals surface area contributed by atoms with Crippen LogP contribution in [0.4, 0.5) is 11.4 Å². The zero-order valence-electron chi connectivity index (χ0n) is 16.5. The van der Waals surface area contributed by atoms with Crippen LogP contribution in [0.15, 0.2) is 24.3 Å². The van der Waals surface area contributed by atoms with Gasteiger partial charge in [0.2, 0.25) is 11.8 Å². The fourth-order valence-electron chi connectivity index (χ4n) is 3.89. The third kappa shape index (κ3) is 6.29. The first kappa shape index (κ1) is 20.8. The maximum absolute atomic E-state index is 12.5. The molecule has 0 saturated carbocycles. The highest BCUT2D eigenvalue weighted by Crippen LogP contribution is 2.20. The van der Waals surface area contributed by atoms with Crippen LogP contribution in [0.5, 0.6) is 0 Å². The lowest BCUT2D eigenvalue weighted by Gasteiger charge is -2.26. The normalized spacial score (nSPS) is 20.2. The van der Waals surface area contributed by atoms with Crippen molar-refractivity contribution in [3.8, 4) is 0 Å². The monoisotopic (exact) mass is 388 g/mol. The summed E-state index contributed by atoms with van der Waals surface area (Å²) < 4.78 is 5.33. The molecular weight excluding hydrogens is 356 g/mol. The SMILES string of the molecule is NC(C(=O)Nc1cccc(NC(=O)CN2CCCCCC2)c1)C1CCOCC1. The Balaban J connectivity index is 1.51. The van der Waals surface area contributed by atoms with Gasteiger partial charge >= 0.3 is 0 Å². The highest BCUT2D eigenvalue weighted by Gasteiger charge is 2.26. The van der Waals surface area contributed by atoms with Crippen LogP contribution in [-0.4, -0.2) is 55.6 Å². The van der Waals surface area contributed by atoms with Crippen LogP contribution in [0, 0.1) is 5.92 Å². The highest BCUT2D eigenvalue weighted by atomic mass is 16.5. The molecule has 154 valence electrons. The third-order valence-electron chi connectivity index (χ3n) is 5.56. The second-order valence-corrected chi connectivity index (χ2v) is 7.78. The van der Waals surface area contributed by atoms with Gasteiger partial charge in [0.1, 0.15) is 0 Å². The van der Waals surface area contributed by atoms with E-state index in [-0.39, 0.29) is 17.7 Å². The molecule has 2 aliphatic rings. The number of hydrogen-bond acceptors (Lipinski definition) is 5. The molecule has 0 radical (unpaired) electrons. The van der Waals surface area contributed by atoms with E-state index >= 15 is 0 Å². The largest absolute Gasteiger partial charge is 0.381 e. The molecule has 2 saturated heterocycles. The van der Waals surface area contributed by atoms with Gasteiger partial charge in [0, 0.05) is 24.6 Å². The fraction of sp³-hybridized carbons (Fsp3) is 0.619. The number of carbonyl (C=O) groups is 2. The number of hydrogen-bond donors (Lipinski definition) is 3. The van der Waals surface area contributed by atoms with Crippen molar-refractivity contribution < 1.29 is 14.3 Å². The zero-order valence-corrected chi connectivity index (χ0v) is 16.5. The van der Waals surface area contributed by atoms with Gasteiger partial charge in [-0.1, -0.05) is 18.9 Å². The smallest absolute Gasteiger partial charge is 0.241 e. The number of ether oxygens (including phenoxy) is 1. The Hall–Kier alpha value is -1.96. The minimum Gasteiger partial charge on any atom is -0.381 e. The van der Waals surface area contributed by atoms with E-state index in [4.69, 9.17) is 10.5 Å². The van der Waals surface area contributed by atoms with E-state index < -0.39 is 6.04 Å². The lowest BCUT2D eigenvalue weighted by atomic mass is 9.92. The van der Waals surface area contributed by atoms with Gasteiger partial charge in [-0.05, 0) is 62.9 Å². The Kier molecular flexibility index (Phi) is 7.82. The summed E-state index contributed by atoms with van der Waals surface area (Å²) in [5, 5.41) is 5.81. The second-order valence-electron chi connectivity index (χ2n) is 7.78. The topological polar surface area (TPSA) is 96.7 Å². The van der Waals surface area contributed by atoms with E-state index in [2.05, 4.69) is 15.5 Å². The molecule has 1 aromatic rings. The lowest BCUT2D eigenvalue weighted by molar-refractivity contribution is -0.119. The van der Waals surface area contributed by atoms with Gasteiger partial charge in [0.15, 0.2) is 0 Å². The number of benzene rings is 1. The van der Waals surface area contributed by atoms with Crippen molar-refractivity contribution in [2.24, 2.45) is 11.7 Å². The van der Waals surface area contributed by atoms with Gasteiger partial charge < -0.3 is 21.1 Å². The molecular formula is C21H32N4O3. The number of likely N-dealkylation sites (tertiary alicyclic amines) is 1. The molecule has 4 N–H and O–H groups in total. The molecule has 7 nitrogen and oxygen atoms in total. The predicted octanol–water partition coefficient (Wildman–Crippen LogP) is 2.19. The fourth-order valence-corrected chi connectivity index (χ4v) is 3.89. The van der Waals surface area contributed by atoms with Gasteiger partial charge in [-0.15, -0.1) is 0 Å². The number of nitrogens with one attached hydrogen (secondary N) is 2. The Morgan fingerprint density at radius 3 is 2.39 bits per heavy atom. The number of nitrogens with zero attached hydrogens (tertiary/aromatic N) is 1. The first-order chi connectivity index (χ1) is 13.6. The van der Waals surface area contributed by atoms with Crippen molar-refractivity contribution in [2.45, 2.75) is 44.6 Å². The van der Waals surface area contributed by atoms with Crippen molar-refractivity contribution in [1.82, 2.24) is 4.90 Å². The Labute approximate surface area is 167 Å². The van der Waals surface area contributed by atoms with Crippen molar-refractivity contribution in [2.75, 3.05) is 43.5 Å². The molecule has 1 unspecified atom stereocenters. The van der Waals surface area contributed by atoms with Crippen LogP contribution >= 0.6 is 0 Å². The summed E-state index contributed by atoms with van der Waals surface area (Å²) in [5.41, 5.74) is 7.45. The van der Waals surface area contributed by atoms with Gasteiger partial charge in [-0.2, -0.15) is 0 Å². The molecule has 28 heavy (non-hydrogen) atoms. The van der Waals surface area contributed by atoms with E-state index in [0.29, 0.717) is 31.1 Å². The number of carbonyl (C=O) groups excluding carboxylic acids is 2. The van der Waals surface area contributed by atoms with Crippen molar-refractivity contribution >= 4 is 23.2 Å². The van der Waals surface area contributed by atoms with Gasteiger partial charge in [0.25, 0.3) is 0 Å². The van der Waals surface area contributed by atoms with Crippen molar-refractivity contribution in [1.29, 1.82) is 0 Å². The van der Waals surface area contributed by atoms with Crippen LogP contribution in [0.3, 0.4) is 0 Å². The maximum atomic E-state index is 12.5. The number of nitrogens with two attached hydrogens (primary N) is 1. The number of anilines is 2. The Bertz CT molecular complexity index is 653. The number of amides is 2. The summed E-state index contributed by atoms with van der Waals surface area (Å²) >= 11 is 0. The molecule has 2 aliphatic heterocycles. The van der Waals surface area contributed by atoms with E-state index in [1.807, 2.05) is 12.1 Å². The summed E-state index contributed by atoms with van der Waals surface area (Å²) in [4.78, 5) is 27.0. The van der Waals surface area contributed by atoms with Crippen LogP contribution < -0.4 is 16.4 Å². The van der Waals surface area contributed by atoms with Crippen molar-refractivity contribution in [3.63, 3.8) is 0 Å². The molecule has 0 bridgehead atoms. The maximum Gasteiger partial charge on any atom is 0.241 e. The van der Waals surface area contributed by atoms with Gasteiger partial charge in [0.05, 0.1) is 12.6 Å². The minimum atomic E-state index is -0.551. The van der Waals surface area contributed by atoms with Crippen LogP contribution in [0.25, 0.3) is 0 Å². The zero-order chi connectivity index (χ0) is 19.8. The third-order valence-corrected chi connectivity index (χ3v) is 5.56. The van der Waals surface area contributed by atoms with Gasteiger partial charge in [-0.3, -0.25) is 14.5 Å². The standard InChI is InChI=1S/C21H32N4O3/c22-20(16-8-12-28-13-9-16)21(27)24-18-7-5-6-17(14-18)23-19(26)15-25-10-3-1-2-4-11-25/h5-7,14,16,20H,1-4,8-13,15,22H2,(H,23,26)(H,24,27). The average Bonchev–Trinajstić information content (AvgIpc) is 2.97. The molecule has 0 spiro atoms. The summed E-state index contributed by atoms with van der Waals surface area (Å²) in [5.74, 6) is -0.0745. The van der Waals surface area contributed by atoms with E-state index in [1.165, 1.54) is 12.8 Å². The van der Waals surface area contributed by atoms with Crippen LogP contribution in [0.1, 0.15) is 38.5 Å². The molecule has 2 amide bonds. The molecule has 1 atom stereocenters. The molecule has 0 aromatic heterocycles. The van der Waals surface area contributed by atoms with E-state index in [1.54, 1.807) is 12.1 Å². The van der Waals surface area contributed by atoms with Crippen molar-refractivity contribution in [3.05, 3.63) is 24.3 Å². The summed E-state index contributed by atoms with van der Waals surface area (Å²) in [7, 11) is 0. The summed E-state index contributed by atoms with van der Waals surface area (Å²) in [6.45, 7) is 3.68. The molecule has 7 heteroatoms. The summed E-state index contributed by atoms with van der Waals surface area (Å²) in [6.07, 6.45) is 6.42. The Morgan fingerprint density at radius 1 is 1.07 bits per heavy atom. The van der Waals surface area contributed by atoms with Crippen LogP contribution in [0.2, 0.25) is 0 Å². The lowest BCUT2D eigenvalue weighted by Crippen LogP contribution is -2.44. The predicted molar refractivity (Wildman–Crippen MR) is 110 cm³/mol. The second kappa shape index (κ2) is 10.5. The molecule has 0 aliphatic carbocycles. The number of rotatable bonds is 6. The highest BCUT2D eigenvalue weighted by molar-refractivity contribution is 5.96. The van der Waals surface area contributed by atoms with E-state index in [9.17, 15) is 9.59 Å². The quantitative estimate of drug-likeness (QED) is 0.694. The molecule has 2 heterocycles. The average molecular weight is 389 g/mol. The molecule has 3 rings (SSSR count). The first-order valence-corrected chi connectivity index (χ1v) is 10.4. The van der Waals surface area contributed by atoms with Crippen LogP contribution in [-0.2, 0) is 14.3 Å². The summed E-state index contributed by atoms with van der Waals surface area (Å²) in [6, 6.07) is 6.67.